The fourth-order valence-electron chi connectivity index (χ4n) is 4.95. The van der Waals surface area contributed by atoms with Gasteiger partial charge in [-0.1, -0.05) is 68.8 Å². The van der Waals surface area contributed by atoms with Crippen LogP contribution in [0, 0.1) is 11.3 Å². The molecule has 0 saturated heterocycles. The van der Waals surface area contributed by atoms with Crippen LogP contribution < -0.4 is 24.7 Å². The summed E-state index contributed by atoms with van der Waals surface area (Å²) in [5.41, 5.74) is 10.4. The predicted octanol–water partition coefficient (Wildman–Crippen LogP) is 8.05. The fourth-order valence-corrected chi connectivity index (χ4v) is 5.07. The van der Waals surface area contributed by atoms with Gasteiger partial charge in [0.1, 0.15) is 29.7 Å². The van der Waals surface area contributed by atoms with Gasteiger partial charge in [-0.3, -0.25) is 0 Å². The first-order chi connectivity index (χ1) is 21.1. The molecule has 4 aromatic carbocycles. The molecule has 1 aliphatic heterocycles. The van der Waals surface area contributed by atoms with Crippen molar-refractivity contribution < 1.29 is 23.7 Å². The van der Waals surface area contributed by atoms with E-state index in [2.05, 4.69) is 26.8 Å². The number of fused-ring (bicyclic) bond motifs is 1. The van der Waals surface area contributed by atoms with E-state index in [0.29, 0.717) is 52.4 Å². The van der Waals surface area contributed by atoms with Crippen molar-refractivity contribution >= 4 is 17.6 Å². The minimum atomic E-state index is -0.539. The number of halogens is 1. The normalized spacial score (nSPS) is 14.2. The summed E-state index contributed by atoms with van der Waals surface area (Å²) in [4.78, 5) is 12.9. The Morgan fingerprint density at radius 2 is 1.68 bits per heavy atom. The zero-order chi connectivity index (χ0) is 31.4. The highest BCUT2D eigenvalue weighted by atomic mass is 35.5. The van der Waals surface area contributed by atoms with Crippen molar-refractivity contribution in [3.8, 4) is 29.1 Å². The molecule has 0 aliphatic carbocycles. The molecule has 44 heavy (non-hydrogen) atoms. The molecule has 1 heterocycles. The fraction of sp³-hybridized carbons (Fsp3) is 0.222. The lowest BCUT2D eigenvalue weighted by molar-refractivity contribution is 0.0734. The molecule has 0 amide bonds. The van der Waals surface area contributed by atoms with Gasteiger partial charge in [-0.25, -0.2) is 4.79 Å². The second-order valence-corrected chi connectivity index (χ2v) is 11.8. The second kappa shape index (κ2) is 12.7. The largest absolute Gasteiger partial charge is 0.490 e. The summed E-state index contributed by atoms with van der Waals surface area (Å²) >= 11 is 6.00. The topological polar surface area (TPSA) is 104 Å². The van der Waals surface area contributed by atoms with Gasteiger partial charge >= 0.3 is 5.97 Å². The molecule has 0 saturated carbocycles. The molecular formula is C36H33ClN2O5. The zero-order valence-electron chi connectivity index (χ0n) is 25.0. The lowest BCUT2D eigenvalue weighted by Crippen LogP contribution is -2.21. The van der Waals surface area contributed by atoms with E-state index in [9.17, 15) is 10.1 Å². The van der Waals surface area contributed by atoms with E-state index < -0.39 is 11.9 Å². The first-order valence-electron chi connectivity index (χ1n) is 14.3. The minimum Gasteiger partial charge on any atom is -0.490 e. The summed E-state index contributed by atoms with van der Waals surface area (Å²) in [5, 5.41) is 10.7. The van der Waals surface area contributed by atoms with Crippen molar-refractivity contribution in [2.75, 3.05) is 6.61 Å². The number of ether oxygens (including phenoxy) is 4. The molecule has 2 N–H and O–H groups in total. The van der Waals surface area contributed by atoms with Gasteiger partial charge in [0.15, 0.2) is 11.5 Å². The quantitative estimate of drug-likeness (QED) is 0.159. The van der Waals surface area contributed by atoms with E-state index in [0.717, 1.165) is 16.7 Å². The number of benzene rings is 4. The van der Waals surface area contributed by atoms with Crippen molar-refractivity contribution in [2.45, 2.75) is 45.6 Å². The van der Waals surface area contributed by atoms with Crippen molar-refractivity contribution in [3.05, 3.63) is 129 Å². The lowest BCUT2D eigenvalue weighted by Gasteiger charge is -2.27. The third-order valence-electron chi connectivity index (χ3n) is 7.30. The van der Waals surface area contributed by atoms with E-state index in [4.69, 9.17) is 36.3 Å². The molecule has 224 valence electrons. The number of carbonyl (C=O) groups excluding carboxylic acids is 1. The summed E-state index contributed by atoms with van der Waals surface area (Å²) in [6, 6.07) is 27.6. The van der Waals surface area contributed by atoms with Crippen molar-refractivity contribution in [1.29, 1.82) is 5.26 Å². The number of allylic oxidation sites excluding steroid dienone is 1. The van der Waals surface area contributed by atoms with Crippen LogP contribution in [0.3, 0.4) is 0 Å². The van der Waals surface area contributed by atoms with E-state index in [1.165, 1.54) is 0 Å². The number of hydrogen-bond acceptors (Lipinski definition) is 7. The SMILES string of the molecule is CCOc1cc(C2C(C#N)=C(N)Oc3cc(OC(=O)c4ccc(C(C)(C)C)cc4)ccc32)ccc1OCc1ccc(Cl)cc1. The molecule has 0 spiro atoms. The minimum absolute atomic E-state index is 0.0210. The predicted molar refractivity (Wildman–Crippen MR) is 169 cm³/mol. The molecule has 1 atom stereocenters. The molecular weight excluding hydrogens is 576 g/mol. The molecule has 0 aromatic heterocycles. The first-order valence-corrected chi connectivity index (χ1v) is 14.6. The Kier molecular flexibility index (Phi) is 8.84. The number of esters is 1. The third-order valence-corrected chi connectivity index (χ3v) is 7.55. The molecule has 0 fully saturated rings. The third kappa shape index (κ3) is 6.66. The van der Waals surface area contributed by atoms with Crippen LogP contribution in [-0.2, 0) is 12.0 Å². The Hall–Kier alpha value is -4.93. The average molecular weight is 609 g/mol. The van der Waals surface area contributed by atoms with Crippen molar-refractivity contribution in [1.82, 2.24) is 0 Å². The number of rotatable bonds is 8. The maximum absolute atomic E-state index is 12.9. The lowest BCUT2D eigenvalue weighted by atomic mass is 9.83. The number of hydrogen-bond donors (Lipinski definition) is 1. The zero-order valence-corrected chi connectivity index (χ0v) is 25.8. The molecule has 8 heteroatoms. The highest BCUT2D eigenvalue weighted by Gasteiger charge is 2.32. The standard InChI is InChI=1S/C36H33ClN2O5/c1-5-41-32-18-24(10-17-30(32)42-21-22-6-13-26(37)14-7-22)33-28-16-15-27(19-31(28)44-34(39)29(33)20-38)43-35(40)23-8-11-25(12-9-23)36(2,3)4/h6-19,33H,5,21,39H2,1-4H3. The van der Waals surface area contributed by atoms with Crippen LogP contribution in [0.15, 0.2) is 96.4 Å². The summed E-state index contributed by atoms with van der Waals surface area (Å²) in [7, 11) is 0. The van der Waals surface area contributed by atoms with Gasteiger partial charge in [0.05, 0.1) is 18.1 Å². The Balaban J connectivity index is 1.41. The number of nitriles is 1. The van der Waals surface area contributed by atoms with Gasteiger partial charge in [-0.05, 0) is 71.5 Å². The van der Waals surface area contributed by atoms with Gasteiger partial charge in [-0.15, -0.1) is 0 Å². The number of carbonyl (C=O) groups is 1. The van der Waals surface area contributed by atoms with E-state index in [1.54, 1.807) is 30.3 Å². The van der Waals surface area contributed by atoms with Crippen LogP contribution in [0.1, 0.15) is 66.2 Å². The first kappa shape index (κ1) is 30.5. The van der Waals surface area contributed by atoms with E-state index in [-0.39, 0.29) is 16.9 Å². The monoisotopic (exact) mass is 608 g/mol. The Bertz CT molecular complexity index is 1750. The Morgan fingerprint density at radius 1 is 0.955 bits per heavy atom. The van der Waals surface area contributed by atoms with Crippen LogP contribution >= 0.6 is 11.6 Å². The van der Waals surface area contributed by atoms with Crippen LogP contribution in [0.25, 0.3) is 0 Å². The molecule has 0 bridgehead atoms. The van der Waals surface area contributed by atoms with Gasteiger partial charge in [0.25, 0.3) is 0 Å². The number of nitrogens with zero attached hydrogens (tertiary/aromatic N) is 1. The maximum atomic E-state index is 12.9. The van der Waals surface area contributed by atoms with E-state index >= 15 is 0 Å². The molecule has 4 aromatic rings. The van der Waals surface area contributed by atoms with Crippen LogP contribution in [0.5, 0.6) is 23.0 Å². The van der Waals surface area contributed by atoms with Gasteiger partial charge in [0.2, 0.25) is 5.88 Å². The summed E-state index contributed by atoms with van der Waals surface area (Å²) < 4.78 is 23.5. The molecule has 0 radical (unpaired) electrons. The van der Waals surface area contributed by atoms with Gasteiger partial charge in [-0.2, -0.15) is 5.26 Å². The van der Waals surface area contributed by atoms with Gasteiger partial charge < -0.3 is 24.7 Å². The van der Waals surface area contributed by atoms with E-state index in [1.807, 2.05) is 61.5 Å². The molecule has 5 rings (SSSR count). The summed E-state index contributed by atoms with van der Waals surface area (Å²) in [6.45, 7) is 8.97. The molecule has 1 aliphatic rings. The highest BCUT2D eigenvalue weighted by Crippen LogP contribution is 2.45. The maximum Gasteiger partial charge on any atom is 0.343 e. The Morgan fingerprint density at radius 3 is 2.34 bits per heavy atom. The smallest absolute Gasteiger partial charge is 0.343 e. The average Bonchev–Trinajstić information content (AvgIpc) is 3.00. The van der Waals surface area contributed by atoms with Crippen molar-refractivity contribution in [3.63, 3.8) is 0 Å². The van der Waals surface area contributed by atoms with Crippen LogP contribution in [0.2, 0.25) is 5.02 Å². The Labute approximate surface area is 262 Å². The van der Waals surface area contributed by atoms with Crippen molar-refractivity contribution in [2.24, 2.45) is 5.73 Å². The molecule has 7 nitrogen and oxygen atoms in total. The summed E-state index contributed by atoms with van der Waals surface area (Å²) in [6.07, 6.45) is 0. The molecule has 1 unspecified atom stereocenters. The van der Waals surface area contributed by atoms with Crippen LogP contribution in [-0.4, -0.2) is 12.6 Å². The highest BCUT2D eigenvalue weighted by molar-refractivity contribution is 6.30. The second-order valence-electron chi connectivity index (χ2n) is 11.4. The number of nitrogens with two attached hydrogens (primary N) is 1. The van der Waals surface area contributed by atoms with Gasteiger partial charge in [0, 0.05) is 16.7 Å². The summed E-state index contributed by atoms with van der Waals surface area (Å²) in [5.74, 6) is 0.726. The van der Waals surface area contributed by atoms with Crippen LogP contribution in [0.4, 0.5) is 0 Å².